The Morgan fingerprint density at radius 1 is 0.909 bits per heavy atom. The van der Waals surface area contributed by atoms with Gasteiger partial charge in [-0.1, -0.05) is 18.2 Å². The minimum atomic E-state index is -4.63. The molecule has 7 nitrogen and oxygen atoms in total. The van der Waals surface area contributed by atoms with Gasteiger partial charge >= 0.3 is 18.1 Å². The number of para-hydroxylation sites is 1. The Labute approximate surface area is 186 Å². The van der Waals surface area contributed by atoms with Crippen LogP contribution < -0.4 is 10.6 Å². The van der Waals surface area contributed by atoms with E-state index < -0.39 is 23.7 Å². The smallest absolute Gasteiger partial charge is 0.416 e. The summed E-state index contributed by atoms with van der Waals surface area (Å²) in [6, 6.07) is 13.3. The number of carboxylic acids is 2. The van der Waals surface area contributed by atoms with E-state index >= 15 is 0 Å². The summed E-state index contributed by atoms with van der Waals surface area (Å²) in [6.07, 6.45) is -4.63. The summed E-state index contributed by atoms with van der Waals surface area (Å²) in [4.78, 5) is 27.0. The van der Waals surface area contributed by atoms with E-state index in [1.54, 1.807) is 12.1 Å². The SMILES string of the molecule is C=NCc1ccc(Nc2ccc(C(F)(F)F)cc2[NH2+]c2ccccc2C(=O)O)c(C(=O)O)c1. The summed E-state index contributed by atoms with van der Waals surface area (Å²) >= 11 is 0. The number of alkyl halides is 3. The van der Waals surface area contributed by atoms with E-state index in [1.165, 1.54) is 41.7 Å². The molecule has 0 amide bonds. The standard InChI is InChI=1S/C23H18F3N3O4/c1-27-12-13-6-8-18(16(10-13)22(32)33)28-19-9-7-14(23(24,25)26)11-20(19)29-17-5-3-2-4-15(17)21(30)31/h2-11,28-29H,1,12H2,(H,30,31)(H,32,33)/p+1. The Hall–Kier alpha value is -4.18. The van der Waals surface area contributed by atoms with E-state index in [9.17, 15) is 33.0 Å². The molecule has 3 rings (SSSR count). The lowest BCUT2D eigenvalue weighted by Gasteiger charge is -2.15. The molecule has 0 unspecified atom stereocenters. The molecule has 3 aromatic carbocycles. The predicted molar refractivity (Wildman–Crippen MR) is 116 cm³/mol. The number of rotatable bonds is 8. The zero-order chi connectivity index (χ0) is 24.2. The molecule has 0 atom stereocenters. The summed E-state index contributed by atoms with van der Waals surface area (Å²) in [6.45, 7) is 3.57. The number of quaternary nitrogens is 1. The number of carbonyl (C=O) groups is 2. The van der Waals surface area contributed by atoms with Crippen LogP contribution in [0.3, 0.4) is 0 Å². The van der Waals surface area contributed by atoms with Crippen LogP contribution >= 0.6 is 0 Å². The lowest BCUT2D eigenvalue weighted by atomic mass is 10.1. The van der Waals surface area contributed by atoms with Crippen LogP contribution in [0.1, 0.15) is 31.8 Å². The monoisotopic (exact) mass is 458 g/mol. The molecule has 3 aromatic rings. The van der Waals surface area contributed by atoms with Gasteiger partial charge in [0.2, 0.25) is 0 Å². The van der Waals surface area contributed by atoms with E-state index in [0.717, 1.165) is 12.1 Å². The quantitative estimate of drug-likeness (QED) is 0.292. The maximum Gasteiger partial charge on any atom is 0.416 e. The molecule has 0 heterocycles. The number of hydrogen-bond donors (Lipinski definition) is 4. The van der Waals surface area contributed by atoms with Gasteiger partial charge < -0.3 is 15.5 Å². The number of aliphatic imine (C=N–C) groups is 1. The molecule has 0 aliphatic carbocycles. The van der Waals surface area contributed by atoms with Crippen molar-refractivity contribution in [1.29, 1.82) is 0 Å². The average Bonchev–Trinajstić information content (AvgIpc) is 2.75. The summed E-state index contributed by atoms with van der Waals surface area (Å²) in [7, 11) is 0. The normalized spacial score (nSPS) is 11.1. The number of nitrogens with one attached hydrogen (secondary N) is 1. The Bertz CT molecular complexity index is 1230. The molecule has 0 fully saturated rings. The van der Waals surface area contributed by atoms with Crippen molar-refractivity contribution in [2.24, 2.45) is 4.99 Å². The number of aromatic carboxylic acids is 2. The van der Waals surface area contributed by atoms with E-state index in [4.69, 9.17) is 0 Å². The second-order valence-corrected chi connectivity index (χ2v) is 7.03. The summed E-state index contributed by atoms with van der Waals surface area (Å²) in [5, 5.41) is 23.2. The third-order valence-corrected chi connectivity index (χ3v) is 4.76. The van der Waals surface area contributed by atoms with Crippen molar-refractivity contribution in [2.75, 3.05) is 5.32 Å². The third-order valence-electron chi connectivity index (χ3n) is 4.76. The molecule has 5 N–H and O–H groups in total. The van der Waals surface area contributed by atoms with E-state index in [2.05, 4.69) is 17.0 Å². The first kappa shape index (κ1) is 23.5. The number of halogens is 3. The molecule has 0 saturated carbocycles. The van der Waals surface area contributed by atoms with Crippen LogP contribution in [0.2, 0.25) is 0 Å². The zero-order valence-electron chi connectivity index (χ0n) is 17.1. The Balaban J connectivity index is 2.09. The van der Waals surface area contributed by atoms with Crippen molar-refractivity contribution in [1.82, 2.24) is 0 Å². The molecule has 0 spiro atoms. The first-order valence-electron chi connectivity index (χ1n) is 9.54. The summed E-state index contributed by atoms with van der Waals surface area (Å²) < 4.78 is 40.0. The van der Waals surface area contributed by atoms with Gasteiger partial charge in [0.05, 0.1) is 23.4 Å². The fourth-order valence-electron chi connectivity index (χ4n) is 3.21. The Morgan fingerprint density at radius 3 is 2.21 bits per heavy atom. The largest absolute Gasteiger partial charge is 0.478 e. The molecular formula is C23H19F3N3O4+. The molecule has 0 bridgehead atoms. The van der Waals surface area contributed by atoms with Crippen LogP contribution in [0.25, 0.3) is 0 Å². The van der Waals surface area contributed by atoms with Crippen LogP contribution in [-0.2, 0) is 12.7 Å². The van der Waals surface area contributed by atoms with Gasteiger partial charge in [-0.2, -0.15) is 13.2 Å². The highest BCUT2D eigenvalue weighted by Crippen LogP contribution is 2.34. The maximum atomic E-state index is 13.3. The zero-order valence-corrected chi connectivity index (χ0v) is 17.1. The summed E-state index contributed by atoms with van der Waals surface area (Å²) in [5.74, 6) is -2.47. The van der Waals surface area contributed by atoms with Gasteiger partial charge in [-0.15, -0.1) is 0 Å². The molecule has 0 radical (unpaired) electrons. The van der Waals surface area contributed by atoms with Crippen LogP contribution in [-0.4, -0.2) is 28.9 Å². The number of nitrogens with two attached hydrogens (primary N) is 1. The molecule has 170 valence electrons. The second kappa shape index (κ2) is 9.53. The lowest BCUT2D eigenvalue weighted by Crippen LogP contribution is -2.72. The third kappa shape index (κ3) is 5.55. The van der Waals surface area contributed by atoms with E-state index in [0.29, 0.717) is 5.56 Å². The van der Waals surface area contributed by atoms with Crippen molar-refractivity contribution < 1.29 is 38.3 Å². The van der Waals surface area contributed by atoms with Gasteiger partial charge in [0.15, 0.2) is 5.69 Å². The fraction of sp³-hybridized carbons (Fsp3) is 0.0870. The molecule has 10 heteroatoms. The molecule has 0 aromatic heterocycles. The van der Waals surface area contributed by atoms with Gasteiger partial charge in [0.25, 0.3) is 0 Å². The average molecular weight is 458 g/mol. The second-order valence-electron chi connectivity index (χ2n) is 7.03. The number of benzene rings is 3. The highest BCUT2D eigenvalue weighted by molar-refractivity contribution is 5.96. The van der Waals surface area contributed by atoms with Crippen molar-refractivity contribution in [3.05, 3.63) is 82.9 Å². The highest BCUT2D eigenvalue weighted by Gasteiger charge is 2.32. The molecule has 0 aliphatic heterocycles. The molecule has 0 saturated heterocycles. The minimum Gasteiger partial charge on any atom is -0.478 e. The fourth-order valence-corrected chi connectivity index (χ4v) is 3.21. The first-order chi connectivity index (χ1) is 15.6. The van der Waals surface area contributed by atoms with Gasteiger partial charge in [-0.05, 0) is 42.6 Å². The first-order valence-corrected chi connectivity index (χ1v) is 9.54. The lowest BCUT2D eigenvalue weighted by molar-refractivity contribution is -0.478. The topological polar surface area (TPSA) is 116 Å². The highest BCUT2D eigenvalue weighted by atomic mass is 19.4. The Morgan fingerprint density at radius 2 is 1.58 bits per heavy atom. The van der Waals surface area contributed by atoms with E-state index in [-0.39, 0.29) is 40.4 Å². The molecular weight excluding hydrogens is 439 g/mol. The van der Waals surface area contributed by atoms with Crippen molar-refractivity contribution in [3.8, 4) is 0 Å². The van der Waals surface area contributed by atoms with Crippen molar-refractivity contribution in [2.45, 2.75) is 12.7 Å². The van der Waals surface area contributed by atoms with Crippen LogP contribution in [0.4, 0.5) is 35.9 Å². The van der Waals surface area contributed by atoms with Gasteiger partial charge in [-0.3, -0.25) is 10.3 Å². The van der Waals surface area contributed by atoms with Gasteiger partial charge in [0, 0.05) is 12.1 Å². The van der Waals surface area contributed by atoms with Crippen LogP contribution in [0.15, 0.2) is 65.7 Å². The molecule has 0 aliphatic rings. The Kier molecular flexibility index (Phi) is 6.78. The number of carboxylic acid groups (broad SMARTS) is 2. The molecule has 33 heavy (non-hydrogen) atoms. The van der Waals surface area contributed by atoms with E-state index in [1.807, 2.05) is 0 Å². The van der Waals surface area contributed by atoms with Gasteiger partial charge in [-0.25, -0.2) is 9.59 Å². The maximum absolute atomic E-state index is 13.3. The number of nitrogens with zero attached hydrogens (tertiary/aromatic N) is 1. The van der Waals surface area contributed by atoms with Gasteiger partial charge in [0.1, 0.15) is 16.9 Å². The van der Waals surface area contributed by atoms with Crippen LogP contribution in [0.5, 0.6) is 0 Å². The number of hydrogen-bond acceptors (Lipinski definition) is 4. The van der Waals surface area contributed by atoms with Crippen molar-refractivity contribution in [3.63, 3.8) is 0 Å². The summed E-state index contributed by atoms with van der Waals surface area (Å²) in [5.41, 5.74) is 0.0169. The van der Waals surface area contributed by atoms with Crippen molar-refractivity contribution >= 4 is 41.4 Å². The number of anilines is 2. The van der Waals surface area contributed by atoms with Crippen LogP contribution in [0, 0.1) is 0 Å². The minimum absolute atomic E-state index is 0.0340. The predicted octanol–water partition coefficient (Wildman–Crippen LogP) is 4.57.